The van der Waals surface area contributed by atoms with Gasteiger partial charge in [0.25, 0.3) is 5.91 Å². The van der Waals surface area contributed by atoms with E-state index in [0.717, 1.165) is 30.3 Å². The molecule has 0 radical (unpaired) electrons. The van der Waals surface area contributed by atoms with Gasteiger partial charge in [0.15, 0.2) is 0 Å². The van der Waals surface area contributed by atoms with Crippen LogP contribution in [0.4, 0.5) is 0 Å². The number of benzene rings is 1. The fourth-order valence-electron chi connectivity index (χ4n) is 2.94. The van der Waals surface area contributed by atoms with E-state index in [-0.39, 0.29) is 12.5 Å². The molecule has 0 spiro atoms. The lowest BCUT2D eigenvalue weighted by atomic mass is 10.1. The summed E-state index contributed by atoms with van der Waals surface area (Å²) in [6.07, 6.45) is 4.11. The van der Waals surface area contributed by atoms with E-state index < -0.39 is 0 Å². The number of aliphatic hydroxyl groups is 1. The number of amides is 1. The number of rotatable bonds is 5. The van der Waals surface area contributed by atoms with Crippen LogP contribution in [-0.4, -0.2) is 53.2 Å². The highest BCUT2D eigenvalue weighted by molar-refractivity contribution is 5.98. The molecule has 2 heterocycles. The van der Waals surface area contributed by atoms with Crippen molar-refractivity contribution in [3.05, 3.63) is 36.0 Å². The van der Waals surface area contributed by atoms with Gasteiger partial charge >= 0.3 is 0 Å². The van der Waals surface area contributed by atoms with Gasteiger partial charge in [0, 0.05) is 36.4 Å². The molecule has 3 N–H and O–H groups in total. The zero-order chi connectivity index (χ0) is 14.7. The monoisotopic (exact) mass is 287 g/mol. The van der Waals surface area contributed by atoms with Crippen molar-refractivity contribution in [3.63, 3.8) is 0 Å². The molecule has 0 saturated carbocycles. The van der Waals surface area contributed by atoms with E-state index in [2.05, 4.69) is 10.3 Å². The molecule has 5 heteroatoms. The van der Waals surface area contributed by atoms with Crippen molar-refractivity contribution < 1.29 is 9.90 Å². The molecule has 2 aromatic rings. The quantitative estimate of drug-likeness (QED) is 0.777. The molecule has 112 valence electrons. The fourth-order valence-corrected chi connectivity index (χ4v) is 2.94. The summed E-state index contributed by atoms with van der Waals surface area (Å²) in [6, 6.07) is 8.01. The number of H-pyrrole nitrogens is 1. The summed E-state index contributed by atoms with van der Waals surface area (Å²) >= 11 is 0. The van der Waals surface area contributed by atoms with Gasteiger partial charge in [-0.1, -0.05) is 6.07 Å². The topological polar surface area (TPSA) is 68.4 Å². The number of fused-ring (bicyclic) bond motifs is 1. The highest BCUT2D eigenvalue weighted by Crippen LogP contribution is 2.16. The molecule has 5 nitrogen and oxygen atoms in total. The van der Waals surface area contributed by atoms with Crippen LogP contribution in [0.5, 0.6) is 0 Å². The van der Waals surface area contributed by atoms with E-state index in [1.165, 1.54) is 0 Å². The van der Waals surface area contributed by atoms with Crippen LogP contribution in [-0.2, 0) is 0 Å². The first-order valence-corrected chi connectivity index (χ1v) is 7.48. The van der Waals surface area contributed by atoms with Crippen molar-refractivity contribution >= 4 is 16.8 Å². The van der Waals surface area contributed by atoms with Gasteiger partial charge in [0.2, 0.25) is 0 Å². The summed E-state index contributed by atoms with van der Waals surface area (Å²) < 4.78 is 0. The van der Waals surface area contributed by atoms with E-state index in [9.17, 15) is 9.90 Å². The second-order valence-electron chi connectivity index (χ2n) is 5.55. The third-order valence-corrected chi connectivity index (χ3v) is 4.06. The molecule has 1 atom stereocenters. The Balaban J connectivity index is 1.78. The first-order valence-electron chi connectivity index (χ1n) is 7.48. The molecule has 21 heavy (non-hydrogen) atoms. The van der Waals surface area contributed by atoms with Crippen molar-refractivity contribution in [3.8, 4) is 0 Å². The van der Waals surface area contributed by atoms with E-state index in [4.69, 9.17) is 0 Å². The van der Waals surface area contributed by atoms with Gasteiger partial charge in [-0.25, -0.2) is 0 Å². The van der Waals surface area contributed by atoms with Crippen LogP contribution in [0.15, 0.2) is 30.5 Å². The van der Waals surface area contributed by atoms with Gasteiger partial charge in [-0.05, 0) is 43.0 Å². The number of aliphatic hydroxyl groups excluding tert-OH is 1. The van der Waals surface area contributed by atoms with Gasteiger partial charge in [-0.15, -0.1) is 0 Å². The van der Waals surface area contributed by atoms with E-state index in [1.807, 2.05) is 30.5 Å². The lowest BCUT2D eigenvalue weighted by Crippen LogP contribution is -2.42. The third-order valence-electron chi connectivity index (χ3n) is 4.06. The van der Waals surface area contributed by atoms with Gasteiger partial charge < -0.3 is 20.3 Å². The predicted octanol–water partition coefficient (Wildman–Crippen LogP) is 1.35. The van der Waals surface area contributed by atoms with Crippen LogP contribution in [0.3, 0.4) is 0 Å². The zero-order valence-corrected chi connectivity index (χ0v) is 12.0. The minimum Gasteiger partial charge on any atom is -0.395 e. The Morgan fingerprint density at radius 1 is 1.38 bits per heavy atom. The molecular weight excluding hydrogens is 266 g/mol. The van der Waals surface area contributed by atoms with Crippen LogP contribution in [0.1, 0.15) is 23.2 Å². The van der Waals surface area contributed by atoms with Crippen molar-refractivity contribution in [2.75, 3.05) is 26.2 Å². The summed E-state index contributed by atoms with van der Waals surface area (Å²) in [7, 11) is 0. The van der Waals surface area contributed by atoms with E-state index >= 15 is 0 Å². The van der Waals surface area contributed by atoms with Gasteiger partial charge in [-0.2, -0.15) is 0 Å². The molecule has 0 aliphatic carbocycles. The molecule has 1 aliphatic rings. The highest BCUT2D eigenvalue weighted by Gasteiger charge is 2.22. The zero-order valence-electron chi connectivity index (χ0n) is 12.0. The van der Waals surface area contributed by atoms with Crippen LogP contribution in [0, 0.1) is 0 Å². The molecule has 3 rings (SSSR count). The van der Waals surface area contributed by atoms with Gasteiger partial charge in [0.05, 0.1) is 6.61 Å². The van der Waals surface area contributed by atoms with Crippen molar-refractivity contribution in [2.24, 2.45) is 0 Å². The van der Waals surface area contributed by atoms with E-state index in [1.54, 1.807) is 4.90 Å². The number of nitrogens with zero attached hydrogens (tertiary/aromatic N) is 1. The molecule has 1 saturated heterocycles. The summed E-state index contributed by atoms with van der Waals surface area (Å²) in [5.41, 5.74) is 1.63. The minimum absolute atomic E-state index is 0.0107. The van der Waals surface area contributed by atoms with Crippen molar-refractivity contribution in [1.29, 1.82) is 0 Å². The number of carbonyl (C=O) groups is 1. The Kier molecular flexibility index (Phi) is 4.22. The van der Waals surface area contributed by atoms with Crippen molar-refractivity contribution in [1.82, 2.24) is 15.2 Å². The van der Waals surface area contributed by atoms with Gasteiger partial charge in [-0.3, -0.25) is 4.79 Å². The SMILES string of the molecule is O=C(c1ccc2cc[nH]c2c1)N(CCO)CC1CCCN1. The number of hydrogen-bond donors (Lipinski definition) is 3. The van der Waals surface area contributed by atoms with Crippen LogP contribution >= 0.6 is 0 Å². The summed E-state index contributed by atoms with van der Waals surface area (Å²) in [6.45, 7) is 2.03. The van der Waals surface area contributed by atoms with Crippen LogP contribution in [0.25, 0.3) is 10.9 Å². The number of aromatic nitrogens is 1. The lowest BCUT2D eigenvalue weighted by Gasteiger charge is -2.25. The standard InChI is InChI=1S/C16H21N3O2/c20-9-8-19(11-14-2-1-6-17-14)16(21)13-4-3-12-5-7-18-15(12)10-13/h3-5,7,10,14,17-18,20H,1-2,6,8-9,11H2. The van der Waals surface area contributed by atoms with Crippen LogP contribution < -0.4 is 5.32 Å². The number of hydrogen-bond acceptors (Lipinski definition) is 3. The number of aromatic amines is 1. The fraction of sp³-hybridized carbons (Fsp3) is 0.438. The Labute approximate surface area is 124 Å². The lowest BCUT2D eigenvalue weighted by molar-refractivity contribution is 0.0706. The van der Waals surface area contributed by atoms with Crippen LogP contribution in [0.2, 0.25) is 0 Å². The second-order valence-corrected chi connectivity index (χ2v) is 5.55. The maximum atomic E-state index is 12.7. The first kappa shape index (κ1) is 14.1. The molecule has 0 bridgehead atoms. The Morgan fingerprint density at radius 3 is 3.05 bits per heavy atom. The van der Waals surface area contributed by atoms with Crippen molar-refractivity contribution in [2.45, 2.75) is 18.9 Å². The van der Waals surface area contributed by atoms with E-state index in [0.29, 0.717) is 24.7 Å². The normalized spacial score (nSPS) is 18.2. The maximum Gasteiger partial charge on any atom is 0.254 e. The summed E-state index contributed by atoms with van der Waals surface area (Å²) in [5, 5.41) is 13.7. The Bertz CT molecular complexity index is 617. The molecule has 1 amide bonds. The summed E-state index contributed by atoms with van der Waals surface area (Å²) in [5.74, 6) is -0.0192. The largest absolute Gasteiger partial charge is 0.395 e. The average molecular weight is 287 g/mol. The molecule has 1 unspecified atom stereocenters. The highest BCUT2D eigenvalue weighted by atomic mass is 16.3. The predicted molar refractivity (Wildman–Crippen MR) is 82.3 cm³/mol. The molecule has 1 fully saturated rings. The first-order chi connectivity index (χ1) is 10.3. The van der Waals surface area contributed by atoms with Gasteiger partial charge in [0.1, 0.15) is 0 Å². The maximum absolute atomic E-state index is 12.7. The Hall–Kier alpha value is -1.85. The molecule has 1 aliphatic heterocycles. The number of carbonyl (C=O) groups excluding carboxylic acids is 1. The second kappa shape index (κ2) is 6.28. The smallest absolute Gasteiger partial charge is 0.254 e. The third kappa shape index (κ3) is 3.09. The molecule has 1 aromatic heterocycles. The number of nitrogens with one attached hydrogen (secondary N) is 2. The average Bonchev–Trinajstić information content (AvgIpc) is 3.16. The minimum atomic E-state index is -0.0192. The summed E-state index contributed by atoms with van der Waals surface area (Å²) in [4.78, 5) is 17.5. The molecular formula is C16H21N3O2. The Morgan fingerprint density at radius 2 is 2.29 bits per heavy atom. The molecule has 1 aromatic carbocycles.